The van der Waals surface area contributed by atoms with Crippen LogP contribution in [0.5, 0.6) is 0 Å². The number of aliphatic hydroxyl groups is 2. The molecule has 0 spiro atoms. The fourth-order valence-corrected chi connectivity index (χ4v) is 2.62. The van der Waals surface area contributed by atoms with E-state index in [1.807, 2.05) is 36.4 Å². The van der Waals surface area contributed by atoms with Crippen molar-refractivity contribution in [3.05, 3.63) is 71.8 Å². The van der Waals surface area contributed by atoms with Gasteiger partial charge in [0.25, 0.3) is 0 Å². The standard InChI is InChI=1S/C18H24N2O2/c21-13-11-19-17(15-7-3-1-4-8-15)18(20-12-14-22)16-9-5-2-6-10-16/h1-10,17-22H,11-14H2. The van der Waals surface area contributed by atoms with Gasteiger partial charge in [-0.15, -0.1) is 0 Å². The lowest BCUT2D eigenvalue weighted by Gasteiger charge is -2.30. The van der Waals surface area contributed by atoms with Crippen molar-refractivity contribution in [3.63, 3.8) is 0 Å². The minimum atomic E-state index is 0.0160. The molecule has 2 aromatic rings. The van der Waals surface area contributed by atoms with Gasteiger partial charge in [0.2, 0.25) is 0 Å². The highest BCUT2D eigenvalue weighted by Gasteiger charge is 2.23. The van der Waals surface area contributed by atoms with E-state index in [2.05, 4.69) is 34.9 Å². The highest BCUT2D eigenvalue weighted by molar-refractivity contribution is 5.27. The molecule has 0 fully saturated rings. The zero-order chi connectivity index (χ0) is 15.6. The van der Waals surface area contributed by atoms with Crippen LogP contribution in [0.15, 0.2) is 60.7 Å². The summed E-state index contributed by atoms with van der Waals surface area (Å²) < 4.78 is 0. The zero-order valence-electron chi connectivity index (χ0n) is 12.7. The van der Waals surface area contributed by atoms with Gasteiger partial charge in [0.05, 0.1) is 25.3 Å². The van der Waals surface area contributed by atoms with Crippen LogP contribution in [0.25, 0.3) is 0 Å². The van der Waals surface area contributed by atoms with Crippen molar-refractivity contribution in [2.45, 2.75) is 12.1 Å². The Kier molecular flexibility index (Phi) is 7.06. The van der Waals surface area contributed by atoms with Gasteiger partial charge in [0.1, 0.15) is 0 Å². The Balaban J connectivity index is 2.30. The highest BCUT2D eigenvalue weighted by atomic mass is 16.3. The molecule has 2 aromatic carbocycles. The van der Waals surface area contributed by atoms with E-state index >= 15 is 0 Å². The fourth-order valence-electron chi connectivity index (χ4n) is 2.62. The summed E-state index contributed by atoms with van der Waals surface area (Å²) in [5.74, 6) is 0. The molecule has 4 heteroatoms. The van der Waals surface area contributed by atoms with E-state index in [1.54, 1.807) is 0 Å². The molecule has 2 rings (SSSR count). The molecule has 2 unspecified atom stereocenters. The predicted octanol–water partition coefficient (Wildman–Crippen LogP) is 1.63. The second kappa shape index (κ2) is 9.33. The number of benzene rings is 2. The van der Waals surface area contributed by atoms with Crippen LogP contribution in [0.1, 0.15) is 23.2 Å². The molecule has 118 valence electrons. The predicted molar refractivity (Wildman–Crippen MR) is 88.5 cm³/mol. The summed E-state index contributed by atoms with van der Waals surface area (Å²) in [7, 11) is 0. The molecule has 4 nitrogen and oxygen atoms in total. The summed E-state index contributed by atoms with van der Waals surface area (Å²) in [5, 5.41) is 25.1. The van der Waals surface area contributed by atoms with E-state index in [0.29, 0.717) is 13.1 Å². The van der Waals surface area contributed by atoms with Gasteiger partial charge in [-0.2, -0.15) is 0 Å². The van der Waals surface area contributed by atoms with Gasteiger partial charge in [-0.25, -0.2) is 0 Å². The summed E-state index contributed by atoms with van der Waals surface area (Å²) in [5.41, 5.74) is 2.30. The number of nitrogens with one attached hydrogen (secondary N) is 2. The van der Waals surface area contributed by atoms with E-state index in [0.717, 1.165) is 11.1 Å². The molecule has 0 amide bonds. The Morgan fingerprint density at radius 1 is 0.636 bits per heavy atom. The Bertz CT molecular complexity index is 470. The normalized spacial score (nSPS) is 13.7. The molecule has 0 saturated heterocycles. The lowest BCUT2D eigenvalue weighted by atomic mass is 9.93. The molecular weight excluding hydrogens is 276 g/mol. The van der Waals surface area contributed by atoms with Gasteiger partial charge in [-0.1, -0.05) is 60.7 Å². The molecular formula is C18H24N2O2. The molecule has 0 saturated carbocycles. The number of aliphatic hydroxyl groups excluding tert-OH is 2. The maximum atomic E-state index is 9.17. The van der Waals surface area contributed by atoms with Crippen LogP contribution in [-0.2, 0) is 0 Å². The van der Waals surface area contributed by atoms with Crippen molar-refractivity contribution in [1.29, 1.82) is 0 Å². The first kappa shape index (κ1) is 16.6. The first-order valence-electron chi connectivity index (χ1n) is 7.65. The smallest absolute Gasteiger partial charge is 0.0556 e. The van der Waals surface area contributed by atoms with Gasteiger partial charge >= 0.3 is 0 Å². The van der Waals surface area contributed by atoms with E-state index in [1.165, 1.54) is 0 Å². The molecule has 0 aliphatic rings. The third-order valence-corrected chi connectivity index (χ3v) is 3.60. The van der Waals surface area contributed by atoms with E-state index in [4.69, 9.17) is 10.2 Å². The molecule has 0 radical (unpaired) electrons. The Morgan fingerprint density at radius 3 is 1.32 bits per heavy atom. The summed E-state index contributed by atoms with van der Waals surface area (Å²) in [6, 6.07) is 20.4. The summed E-state index contributed by atoms with van der Waals surface area (Å²) in [6.07, 6.45) is 0. The highest BCUT2D eigenvalue weighted by Crippen LogP contribution is 2.28. The maximum Gasteiger partial charge on any atom is 0.0556 e. The van der Waals surface area contributed by atoms with Crippen molar-refractivity contribution in [1.82, 2.24) is 10.6 Å². The second-order valence-corrected chi connectivity index (χ2v) is 5.13. The molecule has 0 aliphatic heterocycles. The van der Waals surface area contributed by atoms with Gasteiger partial charge in [0.15, 0.2) is 0 Å². The Morgan fingerprint density at radius 2 is 1.00 bits per heavy atom. The summed E-state index contributed by atoms with van der Waals surface area (Å²) >= 11 is 0. The zero-order valence-corrected chi connectivity index (χ0v) is 12.7. The number of hydrogen-bond acceptors (Lipinski definition) is 4. The molecule has 0 bridgehead atoms. The van der Waals surface area contributed by atoms with Crippen LogP contribution in [0.4, 0.5) is 0 Å². The largest absolute Gasteiger partial charge is 0.395 e. The second-order valence-electron chi connectivity index (χ2n) is 5.13. The van der Waals surface area contributed by atoms with E-state index in [-0.39, 0.29) is 25.3 Å². The molecule has 0 heterocycles. The Hall–Kier alpha value is -1.72. The van der Waals surface area contributed by atoms with Gasteiger partial charge in [-0.3, -0.25) is 0 Å². The van der Waals surface area contributed by atoms with Crippen LogP contribution in [0, 0.1) is 0 Å². The summed E-state index contributed by atoms with van der Waals surface area (Å²) in [4.78, 5) is 0. The fraction of sp³-hybridized carbons (Fsp3) is 0.333. The van der Waals surface area contributed by atoms with Gasteiger partial charge < -0.3 is 20.8 Å². The van der Waals surface area contributed by atoms with Crippen LogP contribution >= 0.6 is 0 Å². The summed E-state index contributed by atoms with van der Waals surface area (Å²) in [6.45, 7) is 1.21. The third-order valence-electron chi connectivity index (χ3n) is 3.60. The first-order chi connectivity index (χ1) is 10.9. The van der Waals surface area contributed by atoms with Crippen LogP contribution < -0.4 is 10.6 Å². The lowest BCUT2D eigenvalue weighted by molar-refractivity contribution is 0.257. The van der Waals surface area contributed by atoms with Crippen molar-refractivity contribution in [2.75, 3.05) is 26.3 Å². The van der Waals surface area contributed by atoms with Crippen molar-refractivity contribution < 1.29 is 10.2 Å². The number of hydrogen-bond donors (Lipinski definition) is 4. The first-order valence-corrected chi connectivity index (χ1v) is 7.65. The average molecular weight is 300 g/mol. The number of rotatable bonds is 9. The van der Waals surface area contributed by atoms with Gasteiger partial charge in [0, 0.05) is 13.1 Å². The van der Waals surface area contributed by atoms with Crippen molar-refractivity contribution in [3.8, 4) is 0 Å². The van der Waals surface area contributed by atoms with E-state index < -0.39 is 0 Å². The topological polar surface area (TPSA) is 64.5 Å². The quantitative estimate of drug-likeness (QED) is 0.568. The average Bonchev–Trinajstić information content (AvgIpc) is 2.59. The molecule has 0 aliphatic carbocycles. The van der Waals surface area contributed by atoms with Crippen LogP contribution in [-0.4, -0.2) is 36.5 Å². The van der Waals surface area contributed by atoms with Crippen molar-refractivity contribution in [2.24, 2.45) is 0 Å². The lowest BCUT2D eigenvalue weighted by Crippen LogP contribution is -2.37. The van der Waals surface area contributed by atoms with Crippen LogP contribution in [0.3, 0.4) is 0 Å². The minimum absolute atomic E-state index is 0.0160. The van der Waals surface area contributed by atoms with E-state index in [9.17, 15) is 0 Å². The Labute approximate surface area is 131 Å². The monoisotopic (exact) mass is 300 g/mol. The van der Waals surface area contributed by atoms with Crippen molar-refractivity contribution >= 4 is 0 Å². The maximum absolute atomic E-state index is 9.17. The molecule has 0 aromatic heterocycles. The molecule has 4 N–H and O–H groups in total. The molecule has 22 heavy (non-hydrogen) atoms. The minimum Gasteiger partial charge on any atom is -0.395 e. The van der Waals surface area contributed by atoms with Gasteiger partial charge in [-0.05, 0) is 11.1 Å². The molecule has 2 atom stereocenters. The SMILES string of the molecule is OCCNC(c1ccccc1)C(NCCO)c1ccccc1. The van der Waals surface area contributed by atoms with Crippen LogP contribution in [0.2, 0.25) is 0 Å². The third kappa shape index (κ3) is 4.64.